The standard InChI is InChI=1S/C15H24N4O3/c1-3-21-10-12-9-19(6-7-22-12)14(20)8-13-16-15(11-4-5-11)17-18(13)2/h11-12H,3-10H2,1-2H3. The van der Waals surface area contributed by atoms with Crippen molar-refractivity contribution in [1.82, 2.24) is 19.7 Å². The summed E-state index contributed by atoms with van der Waals surface area (Å²) in [6.45, 7) is 4.95. The maximum absolute atomic E-state index is 12.5. The first-order chi connectivity index (χ1) is 10.7. The van der Waals surface area contributed by atoms with Crippen molar-refractivity contribution in [2.45, 2.75) is 38.2 Å². The molecule has 7 heteroatoms. The summed E-state index contributed by atoms with van der Waals surface area (Å²) >= 11 is 0. The molecule has 3 rings (SSSR count). The lowest BCUT2D eigenvalue weighted by Gasteiger charge is -2.32. The van der Waals surface area contributed by atoms with Crippen molar-refractivity contribution >= 4 is 5.91 Å². The number of rotatable bonds is 6. The number of hydrogen-bond donors (Lipinski definition) is 0. The minimum absolute atomic E-state index is 0.0285. The molecule has 122 valence electrons. The maximum atomic E-state index is 12.5. The van der Waals surface area contributed by atoms with E-state index in [1.807, 2.05) is 18.9 Å². The predicted molar refractivity (Wildman–Crippen MR) is 79.5 cm³/mol. The van der Waals surface area contributed by atoms with Crippen LogP contribution in [0.15, 0.2) is 0 Å². The molecule has 1 unspecified atom stereocenters. The first-order valence-electron chi connectivity index (χ1n) is 8.04. The molecule has 1 aliphatic heterocycles. The van der Waals surface area contributed by atoms with E-state index in [9.17, 15) is 4.79 Å². The van der Waals surface area contributed by atoms with Gasteiger partial charge in [-0.2, -0.15) is 5.10 Å². The van der Waals surface area contributed by atoms with E-state index in [1.165, 1.54) is 12.8 Å². The minimum Gasteiger partial charge on any atom is -0.379 e. The van der Waals surface area contributed by atoms with Crippen molar-refractivity contribution in [2.24, 2.45) is 7.05 Å². The fourth-order valence-corrected chi connectivity index (χ4v) is 2.65. The summed E-state index contributed by atoms with van der Waals surface area (Å²) < 4.78 is 12.8. The summed E-state index contributed by atoms with van der Waals surface area (Å²) in [4.78, 5) is 18.9. The van der Waals surface area contributed by atoms with Gasteiger partial charge in [0.2, 0.25) is 5.91 Å². The van der Waals surface area contributed by atoms with Crippen molar-refractivity contribution < 1.29 is 14.3 Å². The zero-order chi connectivity index (χ0) is 15.5. The predicted octanol–water partition coefficient (Wildman–Crippen LogP) is 0.499. The van der Waals surface area contributed by atoms with Crippen molar-refractivity contribution in [3.05, 3.63) is 11.6 Å². The van der Waals surface area contributed by atoms with Gasteiger partial charge in [-0.1, -0.05) is 0 Å². The summed E-state index contributed by atoms with van der Waals surface area (Å²) in [5.74, 6) is 2.23. The van der Waals surface area contributed by atoms with Crippen LogP contribution in [-0.2, 0) is 27.7 Å². The summed E-state index contributed by atoms with van der Waals surface area (Å²) in [7, 11) is 1.86. The van der Waals surface area contributed by atoms with E-state index in [1.54, 1.807) is 4.68 Å². The summed E-state index contributed by atoms with van der Waals surface area (Å²) in [5, 5.41) is 4.42. The fourth-order valence-electron chi connectivity index (χ4n) is 2.65. The maximum Gasteiger partial charge on any atom is 0.230 e. The number of amides is 1. The molecule has 1 saturated heterocycles. The molecule has 1 atom stereocenters. The summed E-state index contributed by atoms with van der Waals surface area (Å²) in [5.41, 5.74) is 0. The van der Waals surface area contributed by atoms with Gasteiger partial charge in [0.1, 0.15) is 5.82 Å². The lowest BCUT2D eigenvalue weighted by atomic mass is 10.2. The molecule has 7 nitrogen and oxygen atoms in total. The van der Waals surface area contributed by atoms with E-state index in [2.05, 4.69) is 10.1 Å². The third kappa shape index (κ3) is 3.64. The van der Waals surface area contributed by atoms with Crippen LogP contribution in [0, 0.1) is 0 Å². The Morgan fingerprint density at radius 2 is 2.27 bits per heavy atom. The first kappa shape index (κ1) is 15.4. The molecule has 0 N–H and O–H groups in total. The number of morpholine rings is 1. The third-order valence-electron chi connectivity index (χ3n) is 4.12. The van der Waals surface area contributed by atoms with Crippen LogP contribution >= 0.6 is 0 Å². The van der Waals surface area contributed by atoms with Crippen LogP contribution in [0.25, 0.3) is 0 Å². The second-order valence-corrected chi connectivity index (χ2v) is 5.95. The highest BCUT2D eigenvalue weighted by atomic mass is 16.5. The Morgan fingerprint density at radius 1 is 1.45 bits per heavy atom. The van der Waals surface area contributed by atoms with Crippen LogP contribution in [0.1, 0.15) is 37.3 Å². The quantitative estimate of drug-likeness (QED) is 0.765. The van der Waals surface area contributed by atoms with Gasteiger partial charge in [0, 0.05) is 32.7 Å². The lowest BCUT2D eigenvalue weighted by Crippen LogP contribution is -2.47. The number of aryl methyl sites for hydroxylation is 1. The molecule has 0 bridgehead atoms. The van der Waals surface area contributed by atoms with E-state index in [0.29, 0.717) is 45.2 Å². The molecule has 1 aliphatic carbocycles. The molecule has 0 aromatic carbocycles. The Bertz CT molecular complexity index is 527. The van der Waals surface area contributed by atoms with Crippen LogP contribution in [-0.4, -0.2) is 64.6 Å². The molecule has 1 aromatic rings. The zero-order valence-electron chi connectivity index (χ0n) is 13.3. The van der Waals surface area contributed by atoms with E-state index >= 15 is 0 Å². The highest BCUT2D eigenvalue weighted by molar-refractivity contribution is 5.78. The van der Waals surface area contributed by atoms with Gasteiger partial charge >= 0.3 is 0 Å². The summed E-state index contributed by atoms with van der Waals surface area (Å²) in [6, 6.07) is 0. The van der Waals surface area contributed by atoms with Crippen molar-refractivity contribution in [2.75, 3.05) is 32.9 Å². The zero-order valence-corrected chi connectivity index (χ0v) is 13.3. The minimum atomic E-state index is -0.0285. The van der Waals surface area contributed by atoms with Gasteiger partial charge in [0.05, 0.1) is 25.7 Å². The summed E-state index contributed by atoms with van der Waals surface area (Å²) in [6.07, 6.45) is 2.61. The largest absolute Gasteiger partial charge is 0.379 e. The average Bonchev–Trinajstić information content (AvgIpc) is 3.31. The van der Waals surface area contributed by atoms with Gasteiger partial charge in [0.25, 0.3) is 0 Å². The average molecular weight is 308 g/mol. The van der Waals surface area contributed by atoms with Crippen LogP contribution < -0.4 is 0 Å². The Hall–Kier alpha value is -1.47. The van der Waals surface area contributed by atoms with Crippen molar-refractivity contribution in [1.29, 1.82) is 0 Å². The molecular weight excluding hydrogens is 284 g/mol. The Morgan fingerprint density at radius 3 is 3.00 bits per heavy atom. The molecule has 1 amide bonds. The SMILES string of the molecule is CCOCC1CN(C(=O)Cc2nc(C3CC3)nn2C)CCO1. The highest BCUT2D eigenvalue weighted by Crippen LogP contribution is 2.38. The fraction of sp³-hybridized carbons (Fsp3) is 0.800. The molecular formula is C15H24N4O3. The van der Waals surface area contributed by atoms with E-state index < -0.39 is 0 Å². The lowest BCUT2D eigenvalue weighted by molar-refractivity contribution is -0.140. The molecule has 2 heterocycles. The van der Waals surface area contributed by atoms with E-state index in [-0.39, 0.29) is 12.0 Å². The monoisotopic (exact) mass is 308 g/mol. The molecule has 1 saturated carbocycles. The number of hydrogen-bond acceptors (Lipinski definition) is 5. The first-order valence-corrected chi connectivity index (χ1v) is 8.04. The number of nitrogens with zero attached hydrogens (tertiary/aromatic N) is 4. The van der Waals surface area contributed by atoms with Gasteiger partial charge < -0.3 is 14.4 Å². The molecule has 2 aliphatic rings. The smallest absolute Gasteiger partial charge is 0.230 e. The van der Waals surface area contributed by atoms with E-state index in [0.717, 1.165) is 11.6 Å². The molecule has 0 radical (unpaired) electrons. The van der Waals surface area contributed by atoms with Gasteiger partial charge in [-0.25, -0.2) is 4.98 Å². The number of ether oxygens (including phenoxy) is 2. The van der Waals surface area contributed by atoms with Gasteiger partial charge in [0.15, 0.2) is 5.82 Å². The van der Waals surface area contributed by atoms with E-state index in [4.69, 9.17) is 9.47 Å². The Kier molecular flexibility index (Phi) is 4.73. The second-order valence-electron chi connectivity index (χ2n) is 5.95. The van der Waals surface area contributed by atoms with Crippen molar-refractivity contribution in [3.63, 3.8) is 0 Å². The van der Waals surface area contributed by atoms with Crippen LogP contribution in [0.3, 0.4) is 0 Å². The van der Waals surface area contributed by atoms with Crippen molar-refractivity contribution in [3.8, 4) is 0 Å². The number of carbonyl (C=O) groups excluding carboxylic acids is 1. The highest BCUT2D eigenvalue weighted by Gasteiger charge is 2.30. The molecule has 0 spiro atoms. The van der Waals surface area contributed by atoms with Gasteiger partial charge in [-0.3, -0.25) is 9.48 Å². The Balaban J connectivity index is 1.56. The second kappa shape index (κ2) is 6.75. The molecule has 1 aromatic heterocycles. The van der Waals surface area contributed by atoms with Crippen LogP contribution in [0.5, 0.6) is 0 Å². The van der Waals surface area contributed by atoms with Gasteiger partial charge in [-0.15, -0.1) is 0 Å². The molecule has 22 heavy (non-hydrogen) atoms. The topological polar surface area (TPSA) is 69.5 Å². The van der Waals surface area contributed by atoms with Gasteiger partial charge in [-0.05, 0) is 19.8 Å². The number of carbonyl (C=O) groups is 1. The number of aromatic nitrogens is 3. The normalized spacial score (nSPS) is 22.1. The molecule has 2 fully saturated rings. The third-order valence-corrected chi connectivity index (χ3v) is 4.12. The van der Waals surface area contributed by atoms with Crippen LogP contribution in [0.2, 0.25) is 0 Å². The van der Waals surface area contributed by atoms with Crippen LogP contribution in [0.4, 0.5) is 0 Å². The Labute approximate surface area is 130 Å².